The molecule has 0 spiro atoms. The van der Waals surface area contributed by atoms with Crippen molar-refractivity contribution >= 4 is 21.4 Å². The van der Waals surface area contributed by atoms with Crippen molar-refractivity contribution in [3.8, 4) is 0 Å². The summed E-state index contributed by atoms with van der Waals surface area (Å²) in [6, 6.07) is 2.45. The maximum absolute atomic E-state index is 12.3. The standard InChI is InChI=1S/C15H24N2O2S2/c1-11-2-3-12(6-11)8-17-21(18,19)15-7-14(20-10-15)9-16-13-4-5-13/h7,10-13,16-17H,2-6,8-9H2,1H3. The van der Waals surface area contributed by atoms with Crippen LogP contribution in [0.5, 0.6) is 0 Å². The Labute approximate surface area is 131 Å². The topological polar surface area (TPSA) is 58.2 Å². The highest BCUT2D eigenvalue weighted by molar-refractivity contribution is 7.89. The van der Waals surface area contributed by atoms with E-state index >= 15 is 0 Å². The zero-order valence-corrected chi connectivity index (χ0v) is 14.1. The van der Waals surface area contributed by atoms with E-state index in [2.05, 4.69) is 17.0 Å². The Morgan fingerprint density at radius 1 is 1.29 bits per heavy atom. The van der Waals surface area contributed by atoms with Crippen molar-refractivity contribution in [1.82, 2.24) is 10.0 Å². The third kappa shape index (κ3) is 4.28. The van der Waals surface area contributed by atoms with Gasteiger partial charge in [-0.05, 0) is 43.6 Å². The van der Waals surface area contributed by atoms with Crippen LogP contribution in [0.2, 0.25) is 0 Å². The molecule has 0 saturated heterocycles. The first-order valence-corrected chi connectivity index (χ1v) is 10.2. The number of sulfonamides is 1. The van der Waals surface area contributed by atoms with Crippen molar-refractivity contribution in [2.75, 3.05) is 6.54 Å². The van der Waals surface area contributed by atoms with Crippen LogP contribution in [0.3, 0.4) is 0 Å². The minimum Gasteiger partial charge on any atom is -0.309 e. The fraction of sp³-hybridized carbons (Fsp3) is 0.733. The molecule has 0 bridgehead atoms. The molecule has 2 N–H and O–H groups in total. The van der Waals surface area contributed by atoms with E-state index in [9.17, 15) is 8.42 Å². The molecule has 2 saturated carbocycles. The van der Waals surface area contributed by atoms with Crippen LogP contribution < -0.4 is 10.0 Å². The Bertz CT molecular complexity index is 578. The lowest BCUT2D eigenvalue weighted by atomic mass is 10.1. The first kappa shape index (κ1) is 15.5. The number of thiophene rings is 1. The van der Waals surface area contributed by atoms with Gasteiger partial charge >= 0.3 is 0 Å². The molecule has 2 aliphatic carbocycles. The quantitative estimate of drug-likeness (QED) is 0.809. The summed E-state index contributed by atoms with van der Waals surface area (Å²) in [5.41, 5.74) is 0. The minimum absolute atomic E-state index is 0.422. The highest BCUT2D eigenvalue weighted by Gasteiger charge is 2.24. The van der Waals surface area contributed by atoms with Crippen LogP contribution >= 0.6 is 11.3 Å². The molecule has 0 amide bonds. The second-order valence-corrected chi connectivity index (χ2v) is 9.30. The molecule has 2 aliphatic rings. The van der Waals surface area contributed by atoms with Crippen molar-refractivity contribution in [1.29, 1.82) is 0 Å². The summed E-state index contributed by atoms with van der Waals surface area (Å²) < 4.78 is 27.4. The van der Waals surface area contributed by atoms with Gasteiger partial charge in [-0.15, -0.1) is 11.3 Å². The molecule has 21 heavy (non-hydrogen) atoms. The molecule has 3 rings (SSSR count). The van der Waals surface area contributed by atoms with Crippen LogP contribution in [0.25, 0.3) is 0 Å². The van der Waals surface area contributed by atoms with E-state index in [0.29, 0.717) is 23.4 Å². The zero-order chi connectivity index (χ0) is 14.9. The van der Waals surface area contributed by atoms with Gasteiger partial charge in [0.15, 0.2) is 0 Å². The Kier molecular flexibility index (Phi) is 4.69. The van der Waals surface area contributed by atoms with Gasteiger partial charge in [0.05, 0.1) is 4.90 Å². The summed E-state index contributed by atoms with van der Waals surface area (Å²) in [6.07, 6.45) is 6.00. The normalized spacial score (nSPS) is 26.3. The summed E-state index contributed by atoms with van der Waals surface area (Å²) >= 11 is 1.52. The summed E-state index contributed by atoms with van der Waals surface area (Å²) in [7, 11) is -3.33. The highest BCUT2D eigenvalue weighted by Crippen LogP contribution is 2.30. The van der Waals surface area contributed by atoms with Gasteiger partial charge in [-0.3, -0.25) is 0 Å². The molecule has 2 fully saturated rings. The Hall–Kier alpha value is -0.430. The molecule has 0 aliphatic heterocycles. The van der Waals surface area contributed by atoms with Gasteiger partial charge in [0, 0.05) is 29.4 Å². The maximum atomic E-state index is 12.3. The van der Waals surface area contributed by atoms with Crippen molar-refractivity contribution in [3.63, 3.8) is 0 Å². The third-order valence-corrected chi connectivity index (χ3v) is 6.94. The average molecular weight is 329 g/mol. The minimum atomic E-state index is -3.33. The van der Waals surface area contributed by atoms with E-state index in [1.165, 1.54) is 30.6 Å². The number of rotatable bonds is 7. The second-order valence-electron chi connectivity index (χ2n) is 6.54. The van der Waals surface area contributed by atoms with Crippen molar-refractivity contribution in [2.24, 2.45) is 11.8 Å². The summed E-state index contributed by atoms with van der Waals surface area (Å²) in [5.74, 6) is 1.24. The number of hydrogen-bond donors (Lipinski definition) is 2. The predicted molar refractivity (Wildman–Crippen MR) is 85.9 cm³/mol. The molecule has 0 radical (unpaired) electrons. The summed E-state index contributed by atoms with van der Waals surface area (Å²) in [5, 5.41) is 5.17. The van der Waals surface area contributed by atoms with Crippen LogP contribution in [-0.4, -0.2) is 21.0 Å². The molecule has 1 aromatic rings. The van der Waals surface area contributed by atoms with Gasteiger partial charge in [-0.2, -0.15) is 0 Å². The average Bonchev–Trinajstić information content (AvgIpc) is 2.97. The first-order chi connectivity index (χ1) is 10.0. The molecule has 1 heterocycles. The van der Waals surface area contributed by atoms with E-state index in [1.54, 1.807) is 11.4 Å². The molecular formula is C15H24N2O2S2. The lowest BCUT2D eigenvalue weighted by molar-refractivity contribution is 0.498. The highest BCUT2D eigenvalue weighted by atomic mass is 32.2. The zero-order valence-electron chi connectivity index (χ0n) is 12.5. The summed E-state index contributed by atoms with van der Waals surface area (Å²) in [6.45, 7) is 3.61. The monoisotopic (exact) mass is 328 g/mol. The van der Waals surface area contributed by atoms with Crippen LogP contribution in [-0.2, 0) is 16.6 Å². The maximum Gasteiger partial charge on any atom is 0.241 e. The van der Waals surface area contributed by atoms with Gasteiger partial charge in [0.25, 0.3) is 0 Å². The van der Waals surface area contributed by atoms with E-state index in [0.717, 1.165) is 30.2 Å². The van der Waals surface area contributed by atoms with E-state index in [1.807, 2.05) is 0 Å². The van der Waals surface area contributed by atoms with Gasteiger partial charge in [-0.25, -0.2) is 13.1 Å². The molecule has 6 heteroatoms. The predicted octanol–water partition coefficient (Wildman–Crippen LogP) is 2.71. The lowest BCUT2D eigenvalue weighted by Gasteiger charge is -2.10. The number of nitrogens with one attached hydrogen (secondary N) is 2. The molecule has 2 atom stereocenters. The van der Waals surface area contributed by atoms with Gasteiger partial charge < -0.3 is 5.32 Å². The Morgan fingerprint density at radius 2 is 2.10 bits per heavy atom. The van der Waals surface area contributed by atoms with Crippen LogP contribution in [0.4, 0.5) is 0 Å². The van der Waals surface area contributed by atoms with Crippen LogP contribution in [0.15, 0.2) is 16.3 Å². The molecule has 1 aromatic heterocycles. The molecule has 2 unspecified atom stereocenters. The Morgan fingerprint density at radius 3 is 2.76 bits per heavy atom. The molecule has 4 nitrogen and oxygen atoms in total. The SMILES string of the molecule is CC1CCC(CNS(=O)(=O)c2csc(CNC3CC3)c2)C1. The smallest absolute Gasteiger partial charge is 0.241 e. The largest absolute Gasteiger partial charge is 0.309 e. The Balaban J connectivity index is 1.53. The third-order valence-electron chi connectivity index (χ3n) is 4.45. The molecule has 118 valence electrons. The van der Waals surface area contributed by atoms with Gasteiger partial charge in [0.1, 0.15) is 0 Å². The lowest BCUT2D eigenvalue weighted by Crippen LogP contribution is -2.28. The van der Waals surface area contributed by atoms with E-state index in [4.69, 9.17) is 0 Å². The van der Waals surface area contributed by atoms with Gasteiger partial charge in [-0.1, -0.05) is 13.3 Å². The summed E-state index contributed by atoms with van der Waals surface area (Å²) in [4.78, 5) is 1.52. The van der Waals surface area contributed by atoms with Crippen molar-refractivity contribution < 1.29 is 8.42 Å². The van der Waals surface area contributed by atoms with Crippen molar-refractivity contribution in [3.05, 3.63) is 16.3 Å². The fourth-order valence-electron chi connectivity index (χ4n) is 2.95. The first-order valence-electron chi connectivity index (χ1n) is 7.83. The molecular weight excluding hydrogens is 304 g/mol. The molecule has 0 aromatic carbocycles. The fourth-order valence-corrected chi connectivity index (χ4v) is 5.29. The van der Waals surface area contributed by atoms with Crippen LogP contribution in [0, 0.1) is 11.8 Å². The number of hydrogen-bond acceptors (Lipinski definition) is 4. The van der Waals surface area contributed by atoms with Gasteiger partial charge in [0.2, 0.25) is 10.0 Å². The van der Waals surface area contributed by atoms with Crippen molar-refractivity contribution in [2.45, 2.75) is 56.5 Å². The van der Waals surface area contributed by atoms with E-state index < -0.39 is 10.0 Å². The van der Waals surface area contributed by atoms with Crippen LogP contribution in [0.1, 0.15) is 43.9 Å². The van der Waals surface area contributed by atoms with E-state index in [-0.39, 0.29) is 0 Å². The second kappa shape index (κ2) is 6.36.